The maximum atomic E-state index is 15.0. The van der Waals surface area contributed by atoms with Crippen LogP contribution in [0.15, 0.2) is 60.7 Å². The van der Waals surface area contributed by atoms with Gasteiger partial charge in [0.15, 0.2) is 0 Å². The number of carbonyl (C=O) groups excluding carboxylic acids is 1. The predicted octanol–water partition coefficient (Wildman–Crippen LogP) is 3.83. The number of hydrogen-bond acceptors (Lipinski definition) is 5. The summed E-state index contributed by atoms with van der Waals surface area (Å²) in [6.45, 7) is 2.79. The van der Waals surface area contributed by atoms with Crippen LogP contribution in [-0.2, 0) is 27.7 Å². The first-order valence-electron chi connectivity index (χ1n) is 13.0. The predicted molar refractivity (Wildman–Crippen MR) is 150 cm³/mol. The third kappa shape index (κ3) is 7.01. The Morgan fingerprint density at radius 3 is 2.50 bits per heavy atom. The third-order valence-corrected chi connectivity index (χ3v) is 8.55. The van der Waals surface area contributed by atoms with Gasteiger partial charge in [0, 0.05) is 48.4 Å². The van der Waals surface area contributed by atoms with Crippen LogP contribution < -0.4 is 16.4 Å². The van der Waals surface area contributed by atoms with Crippen LogP contribution >= 0.6 is 0 Å². The number of amides is 1. The summed E-state index contributed by atoms with van der Waals surface area (Å²) >= 11 is 0. The highest BCUT2D eigenvalue weighted by Gasteiger charge is 2.34. The zero-order valence-corrected chi connectivity index (χ0v) is 23.1. The second-order valence-electron chi connectivity index (χ2n) is 10.2. The largest absolute Gasteiger partial charge is 0.373 e. The van der Waals surface area contributed by atoms with Gasteiger partial charge in [-0.3, -0.25) is 4.79 Å². The molecule has 1 aliphatic heterocycles. The van der Waals surface area contributed by atoms with Crippen LogP contribution in [0.2, 0.25) is 0 Å². The smallest absolute Gasteiger partial charge is 0.240 e. The van der Waals surface area contributed by atoms with Crippen molar-refractivity contribution in [3.63, 3.8) is 0 Å². The maximum absolute atomic E-state index is 15.0. The Balaban J connectivity index is 1.52. The monoisotopic (exact) mass is 574 g/mol. The number of hydrogen-bond donors (Lipinski definition) is 3. The normalized spacial score (nSPS) is 18.8. The molecule has 0 saturated carbocycles. The summed E-state index contributed by atoms with van der Waals surface area (Å²) in [5.74, 6) is -2.27. The van der Waals surface area contributed by atoms with E-state index in [9.17, 15) is 26.4 Å². The number of halogens is 3. The summed E-state index contributed by atoms with van der Waals surface area (Å²) in [4.78, 5) is 12.4. The summed E-state index contributed by atoms with van der Waals surface area (Å²) in [5.41, 5.74) is 7.38. The fourth-order valence-electron chi connectivity index (χ4n) is 5.31. The van der Waals surface area contributed by atoms with Gasteiger partial charge in [0.05, 0.1) is 6.26 Å². The zero-order valence-electron chi connectivity index (χ0n) is 22.3. The van der Waals surface area contributed by atoms with E-state index in [-0.39, 0.29) is 30.5 Å². The molecule has 1 amide bonds. The second kappa shape index (κ2) is 12.4. The first-order valence-corrected chi connectivity index (χ1v) is 14.9. The fraction of sp³-hybridized carbons (Fsp3) is 0.345. The Bertz CT molecular complexity index is 1490. The molecule has 40 heavy (non-hydrogen) atoms. The molecule has 1 aliphatic rings. The highest BCUT2D eigenvalue weighted by Crippen LogP contribution is 2.27. The molecule has 0 unspecified atom stereocenters. The summed E-state index contributed by atoms with van der Waals surface area (Å²) in [5, 5.41) is 6.24. The van der Waals surface area contributed by atoms with Gasteiger partial charge in [-0.1, -0.05) is 30.3 Å². The molecule has 1 saturated heterocycles. The molecule has 3 aromatic rings. The average molecular weight is 575 g/mol. The number of piperazine rings is 1. The fourth-order valence-corrected chi connectivity index (χ4v) is 6.76. The van der Waals surface area contributed by atoms with Crippen LogP contribution in [0.3, 0.4) is 0 Å². The van der Waals surface area contributed by atoms with Gasteiger partial charge in [-0.2, -0.15) is 4.31 Å². The van der Waals surface area contributed by atoms with Crippen molar-refractivity contribution in [1.82, 2.24) is 9.62 Å². The van der Waals surface area contributed by atoms with Crippen molar-refractivity contribution >= 4 is 21.6 Å². The molecule has 214 valence electrons. The molecule has 0 bridgehead atoms. The van der Waals surface area contributed by atoms with Gasteiger partial charge in [0.2, 0.25) is 15.9 Å². The lowest BCUT2D eigenvalue weighted by atomic mass is 9.98. The van der Waals surface area contributed by atoms with Gasteiger partial charge < -0.3 is 16.4 Å². The third-order valence-electron chi connectivity index (χ3n) is 7.13. The van der Waals surface area contributed by atoms with E-state index >= 15 is 0 Å². The molecule has 0 aliphatic carbocycles. The van der Waals surface area contributed by atoms with Crippen molar-refractivity contribution in [2.75, 3.05) is 24.7 Å². The number of benzene rings is 3. The number of anilines is 1. The molecule has 4 rings (SSSR count). The molecule has 3 aromatic carbocycles. The lowest BCUT2D eigenvalue weighted by molar-refractivity contribution is -0.118. The molecule has 7 nitrogen and oxygen atoms in total. The van der Waals surface area contributed by atoms with Crippen LogP contribution in [0.5, 0.6) is 0 Å². The van der Waals surface area contributed by atoms with Gasteiger partial charge in [0.1, 0.15) is 23.5 Å². The zero-order chi connectivity index (χ0) is 29.0. The maximum Gasteiger partial charge on any atom is 0.240 e. The van der Waals surface area contributed by atoms with E-state index in [2.05, 4.69) is 10.6 Å². The molecule has 1 heterocycles. The summed E-state index contributed by atoms with van der Waals surface area (Å²) in [6.07, 6.45) is 1.76. The van der Waals surface area contributed by atoms with Crippen molar-refractivity contribution in [1.29, 1.82) is 0 Å². The minimum absolute atomic E-state index is 0.0254. The highest BCUT2D eigenvalue weighted by molar-refractivity contribution is 7.88. The number of carbonyl (C=O) groups is 1. The molecule has 4 N–H and O–H groups in total. The Morgan fingerprint density at radius 1 is 1.07 bits per heavy atom. The van der Waals surface area contributed by atoms with Gasteiger partial charge in [0.25, 0.3) is 0 Å². The molecule has 0 radical (unpaired) electrons. The lowest BCUT2D eigenvalue weighted by Gasteiger charge is -2.39. The van der Waals surface area contributed by atoms with E-state index < -0.39 is 39.4 Å². The average Bonchev–Trinajstić information content (AvgIpc) is 2.87. The van der Waals surface area contributed by atoms with E-state index in [1.165, 1.54) is 53.0 Å². The molecule has 11 heteroatoms. The number of primary amides is 1. The van der Waals surface area contributed by atoms with Crippen LogP contribution in [-0.4, -0.2) is 56.1 Å². The van der Waals surface area contributed by atoms with E-state index in [1.54, 1.807) is 18.2 Å². The number of nitrogens with one attached hydrogen (secondary N) is 2. The van der Waals surface area contributed by atoms with Gasteiger partial charge >= 0.3 is 0 Å². The number of nitrogens with zero attached hydrogens (tertiary/aromatic N) is 1. The van der Waals surface area contributed by atoms with Crippen LogP contribution in [0.25, 0.3) is 11.1 Å². The minimum atomic E-state index is -3.47. The van der Waals surface area contributed by atoms with Crippen LogP contribution in [0.4, 0.5) is 18.9 Å². The van der Waals surface area contributed by atoms with E-state index in [0.29, 0.717) is 41.9 Å². The summed E-state index contributed by atoms with van der Waals surface area (Å²) in [6, 6.07) is 12.8. The molecule has 0 aromatic heterocycles. The molecule has 3 atom stereocenters. The van der Waals surface area contributed by atoms with Crippen LogP contribution in [0.1, 0.15) is 24.5 Å². The van der Waals surface area contributed by atoms with Gasteiger partial charge in [-0.15, -0.1) is 0 Å². The topological polar surface area (TPSA) is 105 Å². The summed E-state index contributed by atoms with van der Waals surface area (Å²) < 4.78 is 69.8. The van der Waals surface area contributed by atoms with Crippen molar-refractivity contribution < 1.29 is 26.4 Å². The standard InChI is InChI=1S/C29H33F3N4O3S/c1-18-16-34-17-22(36(18)40(2,38)39)10-12-24-25(31)7-4-8-27(24)35-28(29(33)37)14-19-9-11-23(26(32)13-19)20-5-3-6-21(30)15-20/h3-9,11,13,15,18,22,28,34-35H,10,12,14,16-17H2,1-2H3,(H2,33,37)/t18-,22-,28-/m0/s1. The lowest BCUT2D eigenvalue weighted by Crippen LogP contribution is -2.58. The Kier molecular flexibility index (Phi) is 9.17. The van der Waals surface area contributed by atoms with Crippen molar-refractivity contribution in [2.24, 2.45) is 5.73 Å². The summed E-state index contributed by atoms with van der Waals surface area (Å²) in [7, 11) is -3.47. The molecular weight excluding hydrogens is 541 g/mol. The van der Waals surface area contributed by atoms with E-state index in [0.717, 1.165) is 0 Å². The number of nitrogens with two attached hydrogens (primary N) is 1. The van der Waals surface area contributed by atoms with Crippen molar-refractivity contribution in [3.05, 3.63) is 89.2 Å². The Labute approximate surface area is 232 Å². The van der Waals surface area contributed by atoms with E-state index in [4.69, 9.17) is 5.73 Å². The highest BCUT2D eigenvalue weighted by atomic mass is 32.2. The van der Waals surface area contributed by atoms with Crippen molar-refractivity contribution in [2.45, 2.75) is 44.3 Å². The molecule has 1 fully saturated rings. The Hall–Kier alpha value is -3.41. The first-order chi connectivity index (χ1) is 18.9. The SMILES string of the molecule is C[C@H]1CNC[C@H](CCc2c(F)cccc2N[C@@H](Cc2ccc(-c3cccc(F)c3)c(F)c2)C(N)=O)N1S(C)(=O)=O. The molecular formula is C29H33F3N4O3S. The number of rotatable bonds is 10. The Morgan fingerprint density at radius 2 is 1.82 bits per heavy atom. The van der Waals surface area contributed by atoms with Crippen molar-refractivity contribution in [3.8, 4) is 11.1 Å². The minimum Gasteiger partial charge on any atom is -0.373 e. The molecule has 0 spiro atoms. The van der Waals surface area contributed by atoms with Crippen LogP contribution in [0, 0.1) is 17.5 Å². The quantitative estimate of drug-likeness (QED) is 0.342. The van der Waals surface area contributed by atoms with Gasteiger partial charge in [-0.25, -0.2) is 21.6 Å². The van der Waals surface area contributed by atoms with E-state index in [1.807, 2.05) is 6.92 Å². The van der Waals surface area contributed by atoms with Gasteiger partial charge in [-0.05, 0) is 61.2 Å². The number of sulfonamides is 1. The first kappa shape index (κ1) is 29.6. The second-order valence-corrected chi connectivity index (χ2v) is 12.1.